The zero-order valence-corrected chi connectivity index (χ0v) is 14.9. The monoisotopic (exact) mass is 353 g/mol. The molecule has 1 aliphatic rings. The number of amides is 1. The van der Waals surface area contributed by atoms with Gasteiger partial charge in [-0.25, -0.2) is 4.98 Å². The highest BCUT2D eigenvalue weighted by atomic mass is 16.5. The first-order valence-electron chi connectivity index (χ1n) is 9.03. The lowest BCUT2D eigenvalue weighted by molar-refractivity contribution is -0.133. The van der Waals surface area contributed by atoms with Gasteiger partial charge in [0, 0.05) is 45.1 Å². The lowest BCUT2D eigenvalue weighted by atomic mass is 10.2. The predicted molar refractivity (Wildman–Crippen MR) is 97.5 cm³/mol. The molecule has 26 heavy (non-hydrogen) atoms. The van der Waals surface area contributed by atoms with Gasteiger partial charge < -0.3 is 14.4 Å². The van der Waals surface area contributed by atoms with Crippen LogP contribution in [0.4, 0.5) is 0 Å². The fourth-order valence-corrected chi connectivity index (χ4v) is 3.37. The molecule has 136 valence electrons. The Morgan fingerprint density at radius 2 is 2.04 bits per heavy atom. The number of aryl methyl sites for hydroxylation is 2. The predicted octanol–water partition coefficient (Wildman–Crippen LogP) is 2.14. The SMILES string of the molecule is Cc1cc(CN2CCN(C(=O)CCc3nc4ccccc4[nH]3)CC2)on1. The maximum absolute atomic E-state index is 12.5. The molecule has 0 aliphatic carbocycles. The number of aromatic amines is 1. The van der Waals surface area contributed by atoms with Crippen LogP contribution in [0, 0.1) is 6.92 Å². The van der Waals surface area contributed by atoms with Crippen LogP contribution in [-0.4, -0.2) is 57.0 Å². The van der Waals surface area contributed by atoms with Crippen molar-refractivity contribution < 1.29 is 9.32 Å². The quantitative estimate of drug-likeness (QED) is 0.760. The standard InChI is InChI=1S/C19H23N5O2/c1-14-12-15(26-22-14)13-23-8-10-24(11-9-23)19(25)7-6-18-20-16-4-2-3-5-17(16)21-18/h2-5,12H,6-11,13H2,1H3,(H,20,21). The summed E-state index contributed by atoms with van der Waals surface area (Å²) in [5.74, 6) is 1.95. The Kier molecular flexibility index (Phi) is 4.71. The Morgan fingerprint density at radius 3 is 2.77 bits per heavy atom. The zero-order valence-electron chi connectivity index (χ0n) is 14.9. The fourth-order valence-electron chi connectivity index (χ4n) is 3.37. The summed E-state index contributed by atoms with van der Waals surface area (Å²) in [5, 5.41) is 3.92. The Hall–Kier alpha value is -2.67. The van der Waals surface area contributed by atoms with Crippen molar-refractivity contribution in [1.29, 1.82) is 0 Å². The van der Waals surface area contributed by atoms with Gasteiger partial charge in [0.15, 0.2) is 5.76 Å². The third-order valence-corrected chi connectivity index (χ3v) is 4.80. The van der Waals surface area contributed by atoms with Crippen molar-refractivity contribution in [2.24, 2.45) is 0 Å². The number of nitrogens with zero attached hydrogens (tertiary/aromatic N) is 4. The van der Waals surface area contributed by atoms with Crippen LogP contribution >= 0.6 is 0 Å². The van der Waals surface area contributed by atoms with E-state index in [-0.39, 0.29) is 5.91 Å². The van der Waals surface area contributed by atoms with Gasteiger partial charge in [0.25, 0.3) is 0 Å². The summed E-state index contributed by atoms with van der Waals surface area (Å²) in [6, 6.07) is 9.90. The summed E-state index contributed by atoms with van der Waals surface area (Å²) in [6.45, 7) is 5.90. The second-order valence-corrected chi connectivity index (χ2v) is 6.79. The molecule has 3 heterocycles. The van der Waals surface area contributed by atoms with E-state index in [9.17, 15) is 4.79 Å². The Bertz CT molecular complexity index is 859. The molecule has 1 amide bonds. The number of carbonyl (C=O) groups excluding carboxylic acids is 1. The number of aromatic nitrogens is 3. The minimum Gasteiger partial charge on any atom is -0.360 e. The van der Waals surface area contributed by atoms with Crippen LogP contribution in [-0.2, 0) is 17.8 Å². The molecule has 1 fully saturated rings. The normalized spacial score (nSPS) is 15.7. The lowest BCUT2D eigenvalue weighted by Gasteiger charge is -2.34. The summed E-state index contributed by atoms with van der Waals surface area (Å²) in [7, 11) is 0. The number of H-pyrrole nitrogens is 1. The van der Waals surface area contributed by atoms with Crippen LogP contribution in [0.25, 0.3) is 11.0 Å². The molecule has 0 saturated carbocycles. The molecule has 0 unspecified atom stereocenters. The number of nitrogens with one attached hydrogen (secondary N) is 1. The van der Waals surface area contributed by atoms with E-state index >= 15 is 0 Å². The van der Waals surface area contributed by atoms with Gasteiger partial charge in [0.1, 0.15) is 5.82 Å². The van der Waals surface area contributed by atoms with Crippen LogP contribution in [0.3, 0.4) is 0 Å². The van der Waals surface area contributed by atoms with E-state index in [0.717, 1.165) is 61.0 Å². The molecular weight excluding hydrogens is 330 g/mol. The molecule has 0 bridgehead atoms. The van der Waals surface area contributed by atoms with Crippen molar-refractivity contribution in [1.82, 2.24) is 24.9 Å². The summed E-state index contributed by atoms with van der Waals surface area (Å²) < 4.78 is 5.27. The lowest BCUT2D eigenvalue weighted by Crippen LogP contribution is -2.48. The number of benzene rings is 1. The van der Waals surface area contributed by atoms with E-state index in [1.54, 1.807) is 0 Å². The van der Waals surface area contributed by atoms with Crippen molar-refractivity contribution >= 4 is 16.9 Å². The highest BCUT2D eigenvalue weighted by Crippen LogP contribution is 2.13. The first-order chi connectivity index (χ1) is 12.7. The van der Waals surface area contributed by atoms with E-state index in [1.165, 1.54) is 0 Å². The molecule has 1 aliphatic heterocycles. The molecule has 1 saturated heterocycles. The Morgan fingerprint density at radius 1 is 1.23 bits per heavy atom. The van der Waals surface area contributed by atoms with Crippen LogP contribution in [0.1, 0.15) is 23.7 Å². The number of rotatable bonds is 5. The molecule has 0 spiro atoms. The molecule has 3 aromatic rings. The third kappa shape index (κ3) is 3.77. The van der Waals surface area contributed by atoms with E-state index in [2.05, 4.69) is 20.0 Å². The average Bonchev–Trinajstić information content (AvgIpc) is 3.25. The number of hydrogen-bond acceptors (Lipinski definition) is 5. The van der Waals surface area contributed by atoms with Crippen molar-refractivity contribution in [3.8, 4) is 0 Å². The van der Waals surface area contributed by atoms with Crippen molar-refractivity contribution in [3.63, 3.8) is 0 Å². The third-order valence-electron chi connectivity index (χ3n) is 4.80. The molecule has 1 aromatic carbocycles. The largest absolute Gasteiger partial charge is 0.360 e. The van der Waals surface area contributed by atoms with Gasteiger partial charge in [-0.3, -0.25) is 9.69 Å². The summed E-state index contributed by atoms with van der Waals surface area (Å²) in [5.41, 5.74) is 2.87. The smallest absolute Gasteiger partial charge is 0.223 e. The maximum atomic E-state index is 12.5. The Balaban J connectivity index is 1.25. The van der Waals surface area contributed by atoms with Gasteiger partial charge in [-0.2, -0.15) is 0 Å². The molecule has 0 radical (unpaired) electrons. The van der Waals surface area contributed by atoms with Crippen LogP contribution in [0.2, 0.25) is 0 Å². The van der Waals surface area contributed by atoms with Gasteiger partial charge >= 0.3 is 0 Å². The van der Waals surface area contributed by atoms with Crippen molar-refractivity contribution in [2.75, 3.05) is 26.2 Å². The minimum absolute atomic E-state index is 0.195. The first-order valence-corrected chi connectivity index (χ1v) is 9.03. The number of hydrogen-bond donors (Lipinski definition) is 1. The topological polar surface area (TPSA) is 78.3 Å². The second-order valence-electron chi connectivity index (χ2n) is 6.79. The number of imidazole rings is 1. The van der Waals surface area contributed by atoms with Crippen LogP contribution in [0.5, 0.6) is 0 Å². The van der Waals surface area contributed by atoms with Crippen molar-refractivity contribution in [3.05, 3.63) is 47.6 Å². The molecule has 1 N–H and O–H groups in total. The van der Waals surface area contributed by atoms with E-state index in [4.69, 9.17) is 4.52 Å². The highest BCUT2D eigenvalue weighted by molar-refractivity contribution is 5.77. The number of fused-ring (bicyclic) bond motifs is 1. The minimum atomic E-state index is 0.195. The van der Waals surface area contributed by atoms with E-state index in [1.807, 2.05) is 42.2 Å². The average molecular weight is 353 g/mol. The fraction of sp³-hybridized carbons (Fsp3) is 0.421. The number of carbonyl (C=O) groups is 1. The molecule has 4 rings (SSSR count). The Labute approximate surface area is 152 Å². The van der Waals surface area contributed by atoms with Crippen molar-refractivity contribution in [2.45, 2.75) is 26.3 Å². The number of para-hydroxylation sites is 2. The molecule has 7 nitrogen and oxygen atoms in total. The summed E-state index contributed by atoms with van der Waals surface area (Å²) in [4.78, 5) is 24.6. The van der Waals surface area contributed by atoms with Gasteiger partial charge in [0.2, 0.25) is 5.91 Å². The van der Waals surface area contributed by atoms with Gasteiger partial charge in [-0.05, 0) is 19.1 Å². The van der Waals surface area contributed by atoms with E-state index in [0.29, 0.717) is 12.8 Å². The second kappa shape index (κ2) is 7.29. The van der Waals surface area contributed by atoms with Gasteiger partial charge in [-0.1, -0.05) is 17.3 Å². The summed E-state index contributed by atoms with van der Waals surface area (Å²) >= 11 is 0. The maximum Gasteiger partial charge on any atom is 0.223 e. The molecular formula is C19H23N5O2. The zero-order chi connectivity index (χ0) is 17.9. The van der Waals surface area contributed by atoms with Crippen LogP contribution in [0.15, 0.2) is 34.9 Å². The van der Waals surface area contributed by atoms with Gasteiger partial charge in [-0.15, -0.1) is 0 Å². The molecule has 0 atom stereocenters. The number of piperazine rings is 1. The van der Waals surface area contributed by atoms with Gasteiger partial charge in [0.05, 0.1) is 23.3 Å². The molecule has 7 heteroatoms. The summed E-state index contributed by atoms with van der Waals surface area (Å²) in [6.07, 6.45) is 1.13. The first kappa shape index (κ1) is 16.8. The van der Waals surface area contributed by atoms with Crippen LogP contribution < -0.4 is 0 Å². The van der Waals surface area contributed by atoms with E-state index < -0.39 is 0 Å². The molecule has 2 aromatic heterocycles. The highest BCUT2D eigenvalue weighted by Gasteiger charge is 2.22.